The second-order valence-corrected chi connectivity index (χ2v) is 5.46. The van der Waals surface area contributed by atoms with E-state index >= 15 is 0 Å². The first-order valence-corrected chi connectivity index (χ1v) is 7.17. The third-order valence-electron chi connectivity index (χ3n) is 3.79. The summed E-state index contributed by atoms with van der Waals surface area (Å²) in [4.78, 5) is 6.93. The molecule has 0 atom stereocenters. The van der Waals surface area contributed by atoms with Crippen LogP contribution in [0.4, 0.5) is 11.4 Å². The fourth-order valence-corrected chi connectivity index (χ4v) is 2.65. The zero-order chi connectivity index (χ0) is 13.2. The Labute approximate surface area is 114 Å². The Morgan fingerprint density at radius 1 is 1.32 bits per heavy atom. The summed E-state index contributed by atoms with van der Waals surface area (Å²) in [5.74, 6) is 0.885. The van der Waals surface area contributed by atoms with Crippen molar-refractivity contribution < 1.29 is 0 Å². The summed E-state index contributed by atoms with van der Waals surface area (Å²) in [6.07, 6.45) is 5.74. The largest absolute Gasteiger partial charge is 0.397 e. The minimum absolute atomic E-state index is 0.766. The summed E-state index contributed by atoms with van der Waals surface area (Å²) in [5, 5.41) is 1.18. The summed E-state index contributed by atoms with van der Waals surface area (Å²) in [6.45, 7) is 4.50. The average molecular weight is 255 g/mol. The first-order chi connectivity index (χ1) is 9.29. The van der Waals surface area contributed by atoms with Gasteiger partial charge in [0.1, 0.15) is 0 Å². The van der Waals surface area contributed by atoms with Gasteiger partial charge in [-0.2, -0.15) is 0 Å². The summed E-state index contributed by atoms with van der Waals surface area (Å²) >= 11 is 0. The van der Waals surface area contributed by atoms with E-state index in [1.807, 2.05) is 18.3 Å². The van der Waals surface area contributed by atoms with Gasteiger partial charge in [0, 0.05) is 30.4 Å². The van der Waals surface area contributed by atoms with Crippen molar-refractivity contribution in [3.05, 3.63) is 30.5 Å². The number of nitrogen functional groups attached to an aromatic ring is 1. The van der Waals surface area contributed by atoms with Gasteiger partial charge >= 0.3 is 0 Å². The van der Waals surface area contributed by atoms with Crippen LogP contribution in [0.2, 0.25) is 0 Å². The zero-order valence-electron chi connectivity index (χ0n) is 11.5. The molecule has 0 amide bonds. The summed E-state index contributed by atoms with van der Waals surface area (Å²) < 4.78 is 0. The van der Waals surface area contributed by atoms with Crippen LogP contribution in [0.1, 0.15) is 26.2 Å². The van der Waals surface area contributed by atoms with Gasteiger partial charge in [0.05, 0.1) is 11.2 Å². The minimum atomic E-state index is 0.766. The lowest BCUT2D eigenvalue weighted by Crippen LogP contribution is -2.26. The van der Waals surface area contributed by atoms with Gasteiger partial charge in [-0.25, -0.2) is 0 Å². The van der Waals surface area contributed by atoms with Crippen LogP contribution >= 0.6 is 0 Å². The van der Waals surface area contributed by atoms with E-state index in [4.69, 9.17) is 5.73 Å². The molecule has 0 radical (unpaired) electrons. The van der Waals surface area contributed by atoms with E-state index in [1.165, 1.54) is 36.9 Å². The molecular weight excluding hydrogens is 234 g/mol. The normalized spacial score (nSPS) is 14.8. The van der Waals surface area contributed by atoms with Crippen LogP contribution in [0.3, 0.4) is 0 Å². The highest BCUT2D eigenvalue weighted by Gasteiger charge is 2.25. The van der Waals surface area contributed by atoms with Crippen molar-refractivity contribution in [2.24, 2.45) is 5.92 Å². The maximum Gasteiger partial charge on any atom is 0.0951 e. The highest BCUT2D eigenvalue weighted by atomic mass is 15.1. The quantitative estimate of drug-likeness (QED) is 0.832. The predicted octanol–water partition coefficient (Wildman–Crippen LogP) is 3.44. The number of pyridine rings is 1. The number of fused-ring (bicyclic) bond motifs is 1. The Morgan fingerprint density at radius 3 is 2.89 bits per heavy atom. The summed E-state index contributed by atoms with van der Waals surface area (Å²) in [5.41, 5.74) is 9.01. The molecule has 1 saturated carbocycles. The van der Waals surface area contributed by atoms with E-state index in [9.17, 15) is 0 Å². The average Bonchev–Trinajstić information content (AvgIpc) is 3.23. The number of nitrogens with two attached hydrogens (primary N) is 1. The van der Waals surface area contributed by atoms with Gasteiger partial charge < -0.3 is 10.6 Å². The van der Waals surface area contributed by atoms with Crippen molar-refractivity contribution in [3.63, 3.8) is 0 Å². The Balaban J connectivity index is 2.03. The lowest BCUT2D eigenvalue weighted by atomic mass is 10.1. The molecule has 2 N–H and O–H groups in total. The van der Waals surface area contributed by atoms with Crippen LogP contribution in [0.15, 0.2) is 30.5 Å². The number of benzene rings is 1. The molecule has 19 heavy (non-hydrogen) atoms. The molecule has 1 heterocycles. The predicted molar refractivity (Wildman–Crippen MR) is 81.4 cm³/mol. The highest BCUT2D eigenvalue weighted by Crippen LogP contribution is 2.35. The van der Waals surface area contributed by atoms with Gasteiger partial charge in [0.2, 0.25) is 0 Å². The molecule has 1 aromatic carbocycles. The smallest absolute Gasteiger partial charge is 0.0951 e. The molecule has 3 nitrogen and oxygen atoms in total. The second-order valence-electron chi connectivity index (χ2n) is 5.46. The lowest BCUT2D eigenvalue weighted by Gasteiger charge is -2.26. The molecule has 1 aromatic heterocycles. The molecule has 0 bridgehead atoms. The number of hydrogen-bond acceptors (Lipinski definition) is 3. The first-order valence-electron chi connectivity index (χ1n) is 7.17. The van der Waals surface area contributed by atoms with Crippen molar-refractivity contribution in [2.75, 3.05) is 23.7 Å². The Bertz CT molecular complexity index is 575. The van der Waals surface area contributed by atoms with E-state index < -0.39 is 0 Å². The maximum absolute atomic E-state index is 6.03. The van der Waals surface area contributed by atoms with Crippen LogP contribution in [-0.2, 0) is 0 Å². The molecule has 100 valence electrons. The highest BCUT2D eigenvalue weighted by molar-refractivity contribution is 5.98. The number of anilines is 2. The second kappa shape index (κ2) is 5.08. The van der Waals surface area contributed by atoms with E-state index in [2.05, 4.69) is 28.9 Å². The maximum atomic E-state index is 6.03. The van der Waals surface area contributed by atoms with Crippen LogP contribution in [0.5, 0.6) is 0 Å². The number of hydrogen-bond donors (Lipinski definition) is 1. The molecule has 0 aliphatic heterocycles. The standard InChI is InChI=1S/C16H21N3/c1-2-10-19(11-12-5-6-12)15-8-7-14(17)16-13(15)4-3-9-18-16/h3-4,7-9,12H,2,5-6,10-11,17H2,1H3. The Hall–Kier alpha value is -1.77. The fourth-order valence-electron chi connectivity index (χ4n) is 2.65. The third kappa shape index (κ3) is 2.50. The van der Waals surface area contributed by atoms with Crippen LogP contribution in [-0.4, -0.2) is 18.1 Å². The molecule has 1 fully saturated rings. The van der Waals surface area contributed by atoms with Gasteiger partial charge in [-0.05, 0) is 49.4 Å². The number of nitrogens with zero attached hydrogens (tertiary/aromatic N) is 2. The van der Waals surface area contributed by atoms with E-state index in [1.54, 1.807) is 0 Å². The summed E-state index contributed by atoms with van der Waals surface area (Å²) in [7, 11) is 0. The molecule has 3 heteroatoms. The van der Waals surface area contributed by atoms with Crippen LogP contribution in [0.25, 0.3) is 10.9 Å². The Kier molecular flexibility index (Phi) is 3.28. The van der Waals surface area contributed by atoms with Gasteiger partial charge in [0.25, 0.3) is 0 Å². The zero-order valence-corrected chi connectivity index (χ0v) is 11.5. The molecule has 1 aliphatic carbocycles. The summed E-state index contributed by atoms with van der Waals surface area (Å²) in [6, 6.07) is 8.26. The first kappa shape index (κ1) is 12.3. The fraction of sp³-hybridized carbons (Fsp3) is 0.438. The van der Waals surface area contributed by atoms with Gasteiger partial charge in [-0.1, -0.05) is 6.92 Å². The Morgan fingerprint density at radius 2 is 2.16 bits per heavy atom. The lowest BCUT2D eigenvalue weighted by molar-refractivity contribution is 0.710. The SMILES string of the molecule is CCCN(CC1CC1)c1ccc(N)c2ncccc12. The van der Waals surface area contributed by atoms with E-state index in [-0.39, 0.29) is 0 Å². The molecule has 0 unspecified atom stereocenters. The minimum Gasteiger partial charge on any atom is -0.397 e. The van der Waals surface area contributed by atoms with E-state index in [0.29, 0.717) is 0 Å². The molecule has 2 aromatic rings. The molecule has 0 spiro atoms. The van der Waals surface area contributed by atoms with Crippen molar-refractivity contribution >= 4 is 22.3 Å². The molecule has 1 aliphatic rings. The van der Waals surface area contributed by atoms with Gasteiger partial charge in [-0.3, -0.25) is 4.98 Å². The van der Waals surface area contributed by atoms with Crippen molar-refractivity contribution in [1.82, 2.24) is 4.98 Å². The molecule has 0 saturated heterocycles. The van der Waals surface area contributed by atoms with Crippen LogP contribution < -0.4 is 10.6 Å². The topological polar surface area (TPSA) is 42.1 Å². The van der Waals surface area contributed by atoms with Crippen molar-refractivity contribution in [2.45, 2.75) is 26.2 Å². The van der Waals surface area contributed by atoms with Crippen LogP contribution in [0, 0.1) is 5.92 Å². The van der Waals surface area contributed by atoms with E-state index in [0.717, 1.165) is 23.7 Å². The molecular formula is C16H21N3. The van der Waals surface area contributed by atoms with Gasteiger partial charge in [0.15, 0.2) is 0 Å². The number of rotatable bonds is 5. The molecule has 3 rings (SSSR count). The van der Waals surface area contributed by atoms with Crippen molar-refractivity contribution in [1.29, 1.82) is 0 Å². The monoisotopic (exact) mass is 255 g/mol. The third-order valence-corrected chi connectivity index (χ3v) is 3.79. The van der Waals surface area contributed by atoms with Gasteiger partial charge in [-0.15, -0.1) is 0 Å². The van der Waals surface area contributed by atoms with Crippen molar-refractivity contribution in [3.8, 4) is 0 Å². The number of aromatic nitrogens is 1.